The highest BCUT2D eigenvalue weighted by atomic mass is 32.2. The van der Waals surface area contributed by atoms with E-state index < -0.39 is 35.0 Å². The molecule has 0 atom stereocenters. The van der Waals surface area contributed by atoms with Crippen molar-refractivity contribution >= 4 is 17.7 Å². The van der Waals surface area contributed by atoms with Gasteiger partial charge in [0, 0.05) is 11.4 Å². The fourth-order valence-corrected chi connectivity index (χ4v) is 4.43. The zero-order valence-corrected chi connectivity index (χ0v) is 19.7. The maximum absolute atomic E-state index is 13.3. The summed E-state index contributed by atoms with van der Waals surface area (Å²) in [6.45, 7) is -0.239. The maximum atomic E-state index is 13.3. The van der Waals surface area contributed by atoms with Crippen LogP contribution in [0.1, 0.15) is 32.9 Å². The summed E-state index contributed by atoms with van der Waals surface area (Å²) >= 11 is 1.13. The van der Waals surface area contributed by atoms with Gasteiger partial charge in [-0.05, 0) is 35.9 Å². The van der Waals surface area contributed by atoms with Gasteiger partial charge in [0.1, 0.15) is 0 Å². The molecule has 5 nitrogen and oxygen atoms in total. The number of rotatable bonds is 7. The zero-order chi connectivity index (χ0) is 26.6. The van der Waals surface area contributed by atoms with E-state index in [-0.39, 0.29) is 18.1 Å². The molecule has 0 saturated carbocycles. The highest BCUT2D eigenvalue weighted by molar-refractivity contribution is 7.98. The number of aromatic nitrogens is 3. The van der Waals surface area contributed by atoms with Gasteiger partial charge in [-0.2, -0.15) is 26.3 Å². The van der Waals surface area contributed by atoms with Crippen LogP contribution < -0.4 is 5.32 Å². The van der Waals surface area contributed by atoms with Crippen molar-refractivity contribution in [3.63, 3.8) is 0 Å². The van der Waals surface area contributed by atoms with Crippen molar-refractivity contribution in [3.05, 3.63) is 107 Å². The molecule has 0 aliphatic heterocycles. The minimum absolute atomic E-state index is 0.153. The van der Waals surface area contributed by atoms with Crippen LogP contribution in [0, 0.1) is 0 Å². The Kier molecular flexibility index (Phi) is 7.58. The van der Waals surface area contributed by atoms with Crippen molar-refractivity contribution in [1.82, 2.24) is 20.1 Å². The van der Waals surface area contributed by atoms with Gasteiger partial charge < -0.3 is 5.32 Å². The van der Waals surface area contributed by atoms with E-state index in [0.29, 0.717) is 16.4 Å². The Morgan fingerprint density at radius 2 is 1.54 bits per heavy atom. The molecule has 1 heterocycles. The van der Waals surface area contributed by atoms with Gasteiger partial charge in [0.25, 0.3) is 5.91 Å². The highest BCUT2D eigenvalue weighted by Gasteiger charge is 2.35. The number of alkyl halides is 6. The molecule has 0 aliphatic carbocycles. The molecule has 3 aromatic carbocycles. The first kappa shape index (κ1) is 26.3. The summed E-state index contributed by atoms with van der Waals surface area (Å²) < 4.78 is 80.7. The molecule has 1 amide bonds. The Morgan fingerprint density at radius 3 is 2.24 bits per heavy atom. The van der Waals surface area contributed by atoms with E-state index in [1.54, 1.807) is 41.0 Å². The minimum Gasteiger partial charge on any atom is -0.345 e. The average Bonchev–Trinajstić information content (AvgIpc) is 3.28. The van der Waals surface area contributed by atoms with E-state index in [0.717, 1.165) is 36.0 Å². The molecule has 1 aromatic heterocycles. The van der Waals surface area contributed by atoms with Crippen LogP contribution in [-0.4, -0.2) is 20.7 Å². The largest absolute Gasteiger partial charge is 0.417 e. The lowest BCUT2D eigenvalue weighted by Crippen LogP contribution is -2.27. The molecule has 0 saturated heterocycles. The molecule has 0 unspecified atom stereocenters. The molecular formula is C25H18F6N4OS. The first-order valence-electron chi connectivity index (χ1n) is 10.8. The second-order valence-corrected chi connectivity index (χ2v) is 8.73. The molecule has 0 spiro atoms. The Bertz CT molecular complexity index is 1390. The third-order valence-electron chi connectivity index (χ3n) is 5.22. The Balaban J connectivity index is 1.57. The normalized spacial score (nSPS) is 11.9. The van der Waals surface area contributed by atoms with E-state index in [4.69, 9.17) is 0 Å². The predicted molar refractivity (Wildman–Crippen MR) is 125 cm³/mol. The van der Waals surface area contributed by atoms with Crippen LogP contribution in [0.5, 0.6) is 0 Å². The van der Waals surface area contributed by atoms with Gasteiger partial charge in [-0.3, -0.25) is 9.36 Å². The summed E-state index contributed by atoms with van der Waals surface area (Å²) in [6, 6.07) is 18.1. The number of nitrogens with one attached hydrogen (secondary N) is 1. The first-order chi connectivity index (χ1) is 17.5. The number of carbonyl (C=O) groups is 1. The third kappa shape index (κ3) is 6.31. The fraction of sp³-hybridized carbons (Fsp3) is 0.160. The summed E-state index contributed by atoms with van der Waals surface area (Å²) in [7, 11) is 0. The quantitative estimate of drug-likeness (QED) is 0.216. The van der Waals surface area contributed by atoms with Crippen molar-refractivity contribution in [2.45, 2.75) is 29.8 Å². The van der Waals surface area contributed by atoms with Crippen molar-refractivity contribution in [3.8, 4) is 5.69 Å². The van der Waals surface area contributed by atoms with E-state index >= 15 is 0 Å². The monoisotopic (exact) mass is 536 g/mol. The first-order valence-corrected chi connectivity index (χ1v) is 11.8. The second-order valence-electron chi connectivity index (χ2n) is 7.78. The lowest BCUT2D eigenvalue weighted by atomic mass is 10.1. The Morgan fingerprint density at radius 1 is 0.838 bits per heavy atom. The fourth-order valence-electron chi connectivity index (χ4n) is 3.51. The molecule has 0 aliphatic rings. The molecule has 4 aromatic rings. The molecule has 0 fully saturated rings. The number of nitrogens with zero attached hydrogens (tertiary/aromatic N) is 3. The summed E-state index contributed by atoms with van der Waals surface area (Å²) in [5, 5.41) is 11.0. The van der Waals surface area contributed by atoms with Crippen LogP contribution in [0.3, 0.4) is 0 Å². The number of amides is 1. The van der Waals surface area contributed by atoms with Gasteiger partial charge >= 0.3 is 12.4 Å². The van der Waals surface area contributed by atoms with Crippen LogP contribution >= 0.6 is 11.8 Å². The SMILES string of the molecule is O=C(NCc1nnc(SCc2cccc(C(F)(F)F)c2)n1-c1ccccc1)c1ccccc1C(F)(F)F. The second kappa shape index (κ2) is 10.7. The van der Waals surface area contributed by atoms with Crippen molar-refractivity contribution < 1.29 is 31.1 Å². The van der Waals surface area contributed by atoms with Gasteiger partial charge in [-0.1, -0.05) is 60.3 Å². The van der Waals surface area contributed by atoms with Crippen molar-refractivity contribution in [2.75, 3.05) is 0 Å². The number of thioether (sulfide) groups is 1. The average molecular weight is 537 g/mol. The number of para-hydroxylation sites is 1. The molecule has 12 heteroatoms. The molecule has 4 rings (SSSR count). The molecule has 0 radical (unpaired) electrons. The standard InChI is InChI=1S/C25H18F6N4OS/c26-24(27,28)17-8-6-7-16(13-17)15-37-23-34-33-21(35(23)18-9-2-1-3-10-18)14-32-22(36)19-11-4-5-12-20(19)25(29,30)31/h1-13H,14-15H2,(H,32,36). The van der Waals surface area contributed by atoms with Gasteiger partial charge in [0.2, 0.25) is 0 Å². The lowest BCUT2D eigenvalue weighted by Gasteiger charge is -2.14. The molecular weight excluding hydrogens is 518 g/mol. The highest BCUT2D eigenvalue weighted by Crippen LogP contribution is 2.33. The van der Waals surface area contributed by atoms with E-state index in [1.165, 1.54) is 18.2 Å². The molecule has 1 N–H and O–H groups in total. The topological polar surface area (TPSA) is 59.8 Å². The van der Waals surface area contributed by atoms with Gasteiger partial charge in [0.05, 0.1) is 23.2 Å². The van der Waals surface area contributed by atoms with E-state index in [1.807, 2.05) is 0 Å². The van der Waals surface area contributed by atoms with Gasteiger partial charge in [-0.25, -0.2) is 0 Å². The minimum atomic E-state index is -4.70. The number of hydrogen-bond acceptors (Lipinski definition) is 4. The summed E-state index contributed by atoms with van der Waals surface area (Å²) in [6.07, 6.45) is -9.17. The van der Waals surface area contributed by atoms with Crippen molar-refractivity contribution in [2.24, 2.45) is 0 Å². The lowest BCUT2D eigenvalue weighted by molar-refractivity contribution is -0.138. The predicted octanol–water partition coefficient (Wildman–Crippen LogP) is 6.53. The summed E-state index contributed by atoms with van der Waals surface area (Å²) in [5.74, 6) is -0.551. The Labute approximate surface area is 211 Å². The summed E-state index contributed by atoms with van der Waals surface area (Å²) in [5.41, 5.74) is -1.33. The van der Waals surface area contributed by atoms with Crippen LogP contribution in [0.4, 0.5) is 26.3 Å². The number of halogens is 6. The number of carbonyl (C=O) groups excluding carboxylic acids is 1. The Hall–Kier alpha value is -3.80. The van der Waals surface area contributed by atoms with Crippen LogP contribution in [0.15, 0.2) is 84.0 Å². The molecule has 192 valence electrons. The van der Waals surface area contributed by atoms with Crippen molar-refractivity contribution in [1.29, 1.82) is 0 Å². The maximum Gasteiger partial charge on any atom is 0.417 e. The van der Waals surface area contributed by atoms with E-state index in [9.17, 15) is 31.1 Å². The summed E-state index contributed by atoms with van der Waals surface area (Å²) in [4.78, 5) is 12.6. The van der Waals surface area contributed by atoms with Gasteiger partial charge in [0.15, 0.2) is 11.0 Å². The number of benzene rings is 3. The third-order valence-corrected chi connectivity index (χ3v) is 6.22. The molecule has 0 bridgehead atoms. The van der Waals surface area contributed by atoms with Gasteiger partial charge in [-0.15, -0.1) is 10.2 Å². The van der Waals surface area contributed by atoms with Crippen LogP contribution in [0.2, 0.25) is 0 Å². The smallest absolute Gasteiger partial charge is 0.345 e. The van der Waals surface area contributed by atoms with E-state index in [2.05, 4.69) is 15.5 Å². The number of hydrogen-bond donors (Lipinski definition) is 1. The zero-order valence-electron chi connectivity index (χ0n) is 18.8. The van der Waals surface area contributed by atoms with Crippen LogP contribution in [-0.2, 0) is 24.7 Å². The van der Waals surface area contributed by atoms with Crippen LogP contribution in [0.25, 0.3) is 5.69 Å². The molecule has 37 heavy (non-hydrogen) atoms.